The molecule has 2 aliphatic rings. The summed E-state index contributed by atoms with van der Waals surface area (Å²) in [5.74, 6) is 1.05. The van der Waals surface area contributed by atoms with E-state index in [0.29, 0.717) is 6.04 Å². The number of rotatable bonds is 1. The van der Waals surface area contributed by atoms with Gasteiger partial charge in [0.05, 0.1) is 0 Å². The molecule has 0 radical (unpaired) electrons. The van der Waals surface area contributed by atoms with E-state index in [9.17, 15) is 4.79 Å². The number of nitrogens with zero attached hydrogens (tertiary/aromatic N) is 1. The molecular weight excluding hydrogens is 174 g/mol. The molecule has 2 unspecified atom stereocenters. The topological polar surface area (TPSA) is 20.3 Å². The van der Waals surface area contributed by atoms with Gasteiger partial charge in [0.2, 0.25) is 5.91 Å². The molecule has 0 aromatic carbocycles. The minimum atomic E-state index is 0.236. The second-order valence-corrected chi connectivity index (χ2v) is 4.80. The van der Waals surface area contributed by atoms with Gasteiger partial charge in [-0.2, -0.15) is 0 Å². The molecule has 1 saturated carbocycles. The fourth-order valence-corrected chi connectivity index (χ4v) is 2.84. The maximum Gasteiger partial charge on any atom is 0.246 e. The van der Waals surface area contributed by atoms with Crippen LogP contribution < -0.4 is 0 Å². The third-order valence-corrected chi connectivity index (χ3v) is 3.46. The zero-order valence-electron chi connectivity index (χ0n) is 9.12. The fourth-order valence-electron chi connectivity index (χ4n) is 2.84. The van der Waals surface area contributed by atoms with Crippen LogP contribution in [0.4, 0.5) is 0 Å². The Hall–Kier alpha value is -0.790. The summed E-state index contributed by atoms with van der Waals surface area (Å²) in [6, 6.07) is 0.568. The molecule has 0 spiro atoms. The summed E-state index contributed by atoms with van der Waals surface area (Å²) in [4.78, 5) is 13.9. The molecule has 78 valence electrons. The minimum Gasteiger partial charge on any atom is -0.336 e. The molecule has 0 N–H and O–H groups in total. The normalized spacial score (nSPS) is 30.3. The van der Waals surface area contributed by atoms with Crippen molar-refractivity contribution in [2.24, 2.45) is 5.92 Å². The van der Waals surface area contributed by atoms with Gasteiger partial charge < -0.3 is 4.90 Å². The number of likely N-dealkylation sites (tertiary alicyclic amines) is 1. The summed E-state index contributed by atoms with van der Waals surface area (Å²) < 4.78 is 0. The monoisotopic (exact) mass is 193 g/mol. The van der Waals surface area contributed by atoms with Gasteiger partial charge in [0.15, 0.2) is 0 Å². The van der Waals surface area contributed by atoms with Gasteiger partial charge in [-0.05, 0) is 39.0 Å². The van der Waals surface area contributed by atoms with Gasteiger partial charge in [0.25, 0.3) is 0 Å². The van der Waals surface area contributed by atoms with Crippen LogP contribution in [0.25, 0.3) is 0 Å². The summed E-state index contributed by atoms with van der Waals surface area (Å²) in [6.07, 6.45) is 6.89. The van der Waals surface area contributed by atoms with E-state index < -0.39 is 0 Å². The van der Waals surface area contributed by atoms with E-state index in [-0.39, 0.29) is 5.91 Å². The molecule has 0 aromatic heterocycles. The van der Waals surface area contributed by atoms with Gasteiger partial charge in [-0.1, -0.05) is 12.0 Å². The molecule has 1 amide bonds. The lowest BCUT2D eigenvalue weighted by molar-refractivity contribution is -0.127. The second-order valence-electron chi connectivity index (χ2n) is 4.80. The third kappa shape index (κ3) is 1.70. The first-order chi connectivity index (χ1) is 6.68. The molecule has 2 fully saturated rings. The lowest BCUT2D eigenvalue weighted by Crippen LogP contribution is -2.34. The van der Waals surface area contributed by atoms with Crippen molar-refractivity contribution >= 4 is 5.91 Å². The van der Waals surface area contributed by atoms with Crippen molar-refractivity contribution in [3.63, 3.8) is 0 Å². The first-order valence-electron chi connectivity index (χ1n) is 5.64. The van der Waals surface area contributed by atoms with E-state index in [1.54, 1.807) is 6.08 Å². The number of hydrogen-bond donors (Lipinski definition) is 0. The van der Waals surface area contributed by atoms with Crippen molar-refractivity contribution in [1.29, 1.82) is 0 Å². The van der Waals surface area contributed by atoms with Crippen LogP contribution in [0.1, 0.15) is 39.5 Å². The van der Waals surface area contributed by atoms with E-state index in [4.69, 9.17) is 0 Å². The molecule has 1 aliphatic carbocycles. The van der Waals surface area contributed by atoms with Crippen LogP contribution >= 0.6 is 0 Å². The predicted molar refractivity (Wildman–Crippen MR) is 56.9 cm³/mol. The Labute approximate surface area is 86.0 Å². The molecular formula is C12H19NO. The van der Waals surface area contributed by atoms with Crippen molar-refractivity contribution in [1.82, 2.24) is 4.90 Å². The Morgan fingerprint density at radius 1 is 1.29 bits per heavy atom. The highest BCUT2D eigenvalue weighted by Gasteiger charge is 2.38. The number of fused-ring (bicyclic) bond motifs is 1. The van der Waals surface area contributed by atoms with Gasteiger partial charge in [0, 0.05) is 18.7 Å². The van der Waals surface area contributed by atoms with Crippen LogP contribution in [0.15, 0.2) is 11.6 Å². The maximum atomic E-state index is 11.8. The number of carbonyl (C=O) groups is 1. The Morgan fingerprint density at radius 3 is 2.79 bits per heavy atom. The van der Waals surface area contributed by atoms with Crippen LogP contribution in [0.2, 0.25) is 0 Å². The SMILES string of the molecule is CC(C)=CC(=O)N1CCC2CCCC21. The fraction of sp³-hybridized carbons (Fsp3) is 0.750. The van der Waals surface area contributed by atoms with Gasteiger partial charge in [-0.3, -0.25) is 4.79 Å². The van der Waals surface area contributed by atoms with Crippen LogP contribution in [0.5, 0.6) is 0 Å². The third-order valence-electron chi connectivity index (χ3n) is 3.46. The highest BCUT2D eigenvalue weighted by Crippen LogP contribution is 2.37. The van der Waals surface area contributed by atoms with Crippen LogP contribution in [0, 0.1) is 5.92 Å². The van der Waals surface area contributed by atoms with Crippen LogP contribution in [0.3, 0.4) is 0 Å². The number of hydrogen-bond acceptors (Lipinski definition) is 1. The lowest BCUT2D eigenvalue weighted by atomic mass is 10.0. The van der Waals surface area contributed by atoms with E-state index in [0.717, 1.165) is 18.0 Å². The molecule has 2 rings (SSSR count). The van der Waals surface area contributed by atoms with Gasteiger partial charge in [-0.15, -0.1) is 0 Å². The zero-order valence-corrected chi connectivity index (χ0v) is 9.12. The summed E-state index contributed by atoms with van der Waals surface area (Å²) in [7, 11) is 0. The average Bonchev–Trinajstić information content (AvgIpc) is 2.59. The van der Waals surface area contributed by atoms with Crippen molar-refractivity contribution in [3.8, 4) is 0 Å². The molecule has 2 nitrogen and oxygen atoms in total. The molecule has 14 heavy (non-hydrogen) atoms. The standard InChI is InChI=1S/C12H19NO/c1-9(2)8-12(14)13-7-6-10-4-3-5-11(10)13/h8,10-11H,3-7H2,1-2H3. The summed E-state index contributed by atoms with van der Waals surface area (Å²) >= 11 is 0. The summed E-state index contributed by atoms with van der Waals surface area (Å²) in [6.45, 7) is 4.96. The van der Waals surface area contributed by atoms with Gasteiger partial charge in [0.1, 0.15) is 0 Å². The van der Waals surface area contributed by atoms with Crippen molar-refractivity contribution in [2.45, 2.75) is 45.6 Å². The quantitative estimate of drug-likeness (QED) is 0.585. The Balaban J connectivity index is 2.05. The molecule has 2 atom stereocenters. The molecule has 0 aromatic rings. The number of amides is 1. The van der Waals surface area contributed by atoms with Crippen LogP contribution in [-0.4, -0.2) is 23.4 Å². The maximum absolute atomic E-state index is 11.8. The van der Waals surface area contributed by atoms with E-state index >= 15 is 0 Å². The number of allylic oxidation sites excluding steroid dienone is 1. The summed E-state index contributed by atoms with van der Waals surface area (Å²) in [5.41, 5.74) is 1.11. The average molecular weight is 193 g/mol. The van der Waals surface area contributed by atoms with Crippen LogP contribution in [-0.2, 0) is 4.79 Å². The highest BCUT2D eigenvalue weighted by molar-refractivity contribution is 5.88. The molecule has 1 aliphatic heterocycles. The molecule has 1 heterocycles. The van der Waals surface area contributed by atoms with E-state index in [2.05, 4.69) is 4.90 Å². The smallest absolute Gasteiger partial charge is 0.246 e. The minimum absolute atomic E-state index is 0.236. The second kappa shape index (κ2) is 3.76. The van der Waals surface area contributed by atoms with Gasteiger partial charge in [-0.25, -0.2) is 0 Å². The largest absolute Gasteiger partial charge is 0.336 e. The highest BCUT2D eigenvalue weighted by atomic mass is 16.2. The van der Waals surface area contributed by atoms with E-state index in [1.807, 2.05) is 13.8 Å². The first-order valence-corrected chi connectivity index (χ1v) is 5.64. The first kappa shape index (κ1) is 9.75. The van der Waals surface area contributed by atoms with Gasteiger partial charge >= 0.3 is 0 Å². The zero-order chi connectivity index (χ0) is 10.1. The van der Waals surface area contributed by atoms with Crippen molar-refractivity contribution in [2.75, 3.05) is 6.54 Å². The summed E-state index contributed by atoms with van der Waals surface area (Å²) in [5, 5.41) is 0. The lowest BCUT2D eigenvalue weighted by Gasteiger charge is -2.22. The van der Waals surface area contributed by atoms with E-state index in [1.165, 1.54) is 25.7 Å². The molecule has 1 saturated heterocycles. The Bertz CT molecular complexity index is 265. The Kier molecular flexibility index (Phi) is 2.62. The Morgan fingerprint density at radius 2 is 2.07 bits per heavy atom. The molecule has 0 bridgehead atoms. The number of carbonyl (C=O) groups excluding carboxylic acids is 1. The van der Waals surface area contributed by atoms with Crippen molar-refractivity contribution < 1.29 is 4.79 Å². The molecule has 2 heteroatoms. The predicted octanol–water partition coefficient (Wildman–Crippen LogP) is 2.35. The van der Waals surface area contributed by atoms with Crippen molar-refractivity contribution in [3.05, 3.63) is 11.6 Å².